The third-order valence-corrected chi connectivity index (χ3v) is 6.29. The second-order valence-corrected chi connectivity index (χ2v) is 7.10. The molecular weight excluding hydrogens is 294 g/mol. The van der Waals surface area contributed by atoms with Gasteiger partial charge < -0.3 is 5.32 Å². The monoisotopic (exact) mass is 315 g/mol. The Hall–Kier alpha value is 0.140. The Bertz CT molecular complexity index is 355. The van der Waals surface area contributed by atoms with Crippen molar-refractivity contribution in [2.24, 2.45) is 5.41 Å². The van der Waals surface area contributed by atoms with Gasteiger partial charge in [-0.05, 0) is 59.0 Å². The Labute approximate surface area is 117 Å². The Morgan fingerprint density at radius 3 is 2.71 bits per heavy atom. The van der Waals surface area contributed by atoms with Gasteiger partial charge in [-0.15, -0.1) is 11.3 Å². The van der Waals surface area contributed by atoms with Gasteiger partial charge in [-0.3, -0.25) is 0 Å². The van der Waals surface area contributed by atoms with Crippen LogP contribution in [-0.2, 0) is 0 Å². The molecule has 1 unspecified atom stereocenters. The average molecular weight is 316 g/mol. The predicted octanol–water partition coefficient (Wildman–Crippen LogP) is 5.13. The summed E-state index contributed by atoms with van der Waals surface area (Å²) in [6.45, 7) is 5.79. The van der Waals surface area contributed by atoms with Crippen LogP contribution in [0.5, 0.6) is 0 Å². The van der Waals surface area contributed by atoms with Crippen molar-refractivity contribution < 1.29 is 0 Å². The molecule has 1 atom stereocenters. The first kappa shape index (κ1) is 13.6. The molecule has 0 aromatic carbocycles. The van der Waals surface area contributed by atoms with Crippen molar-refractivity contribution in [2.45, 2.75) is 52.0 Å². The number of hydrogen-bond donors (Lipinski definition) is 1. The van der Waals surface area contributed by atoms with Crippen LogP contribution in [0.15, 0.2) is 15.9 Å². The van der Waals surface area contributed by atoms with Gasteiger partial charge in [0.15, 0.2) is 0 Å². The highest BCUT2D eigenvalue weighted by Crippen LogP contribution is 2.41. The Balaban J connectivity index is 1.91. The summed E-state index contributed by atoms with van der Waals surface area (Å²) in [6, 6.07) is 2.61. The van der Waals surface area contributed by atoms with Crippen LogP contribution in [0.1, 0.15) is 56.9 Å². The molecule has 1 aliphatic carbocycles. The van der Waals surface area contributed by atoms with Crippen LogP contribution >= 0.6 is 27.3 Å². The summed E-state index contributed by atoms with van der Waals surface area (Å²) in [4.78, 5) is 1.43. The molecule has 1 aromatic rings. The minimum Gasteiger partial charge on any atom is -0.309 e. The molecule has 96 valence electrons. The van der Waals surface area contributed by atoms with E-state index in [1.165, 1.54) is 48.0 Å². The average Bonchev–Trinajstić information content (AvgIpc) is 2.95. The summed E-state index contributed by atoms with van der Waals surface area (Å²) < 4.78 is 1.25. The van der Waals surface area contributed by atoms with Gasteiger partial charge in [0.2, 0.25) is 0 Å². The quantitative estimate of drug-likeness (QED) is 0.794. The molecule has 1 nitrogen and oxygen atoms in total. The molecule has 0 amide bonds. The number of nitrogens with one attached hydrogen (secondary N) is 1. The molecular formula is C14H22BrNS. The van der Waals surface area contributed by atoms with Crippen molar-refractivity contribution in [3.05, 3.63) is 20.8 Å². The Kier molecular flexibility index (Phi) is 4.67. The lowest BCUT2D eigenvalue weighted by molar-refractivity contribution is 0.259. The van der Waals surface area contributed by atoms with Crippen molar-refractivity contribution in [3.8, 4) is 0 Å². The van der Waals surface area contributed by atoms with Crippen LogP contribution in [0, 0.1) is 5.41 Å². The number of halogens is 1. The molecule has 0 radical (unpaired) electrons. The molecule has 1 fully saturated rings. The van der Waals surface area contributed by atoms with Gasteiger partial charge in [0.25, 0.3) is 0 Å². The molecule has 1 aliphatic rings. The van der Waals surface area contributed by atoms with E-state index in [0.717, 1.165) is 0 Å². The van der Waals surface area contributed by atoms with Gasteiger partial charge in [-0.25, -0.2) is 0 Å². The van der Waals surface area contributed by atoms with E-state index >= 15 is 0 Å². The van der Waals surface area contributed by atoms with Crippen LogP contribution < -0.4 is 5.32 Å². The lowest BCUT2D eigenvalue weighted by Crippen LogP contribution is -2.33. The molecule has 0 saturated heterocycles. The van der Waals surface area contributed by atoms with Gasteiger partial charge in [0.1, 0.15) is 0 Å². The Morgan fingerprint density at radius 1 is 1.47 bits per heavy atom. The molecule has 17 heavy (non-hydrogen) atoms. The smallest absolute Gasteiger partial charge is 0.0397 e. The van der Waals surface area contributed by atoms with Crippen molar-refractivity contribution in [2.75, 3.05) is 6.54 Å². The van der Waals surface area contributed by atoms with Crippen LogP contribution in [0.2, 0.25) is 0 Å². The second kappa shape index (κ2) is 5.85. The molecule has 0 aliphatic heterocycles. The van der Waals surface area contributed by atoms with Gasteiger partial charge in [0.05, 0.1) is 0 Å². The standard InChI is InChI=1S/C14H22BrNS/c1-3-14(7-4-5-8-14)10-16-11(2)13-12(15)6-9-17-13/h6,9,11,16H,3-5,7-8,10H2,1-2H3. The fourth-order valence-corrected chi connectivity index (χ4v) is 4.61. The van der Waals surface area contributed by atoms with Crippen LogP contribution in [-0.4, -0.2) is 6.54 Å². The number of hydrogen-bond acceptors (Lipinski definition) is 2. The normalized spacial score (nSPS) is 20.6. The van der Waals surface area contributed by atoms with E-state index in [9.17, 15) is 0 Å². The highest BCUT2D eigenvalue weighted by Gasteiger charge is 2.32. The van der Waals surface area contributed by atoms with Crippen molar-refractivity contribution in [1.82, 2.24) is 5.32 Å². The van der Waals surface area contributed by atoms with Crippen LogP contribution in [0.4, 0.5) is 0 Å². The molecule has 2 rings (SSSR count). The zero-order valence-corrected chi connectivity index (χ0v) is 13.2. The number of rotatable bonds is 5. The van der Waals surface area contributed by atoms with E-state index < -0.39 is 0 Å². The zero-order chi connectivity index (χ0) is 12.3. The highest BCUT2D eigenvalue weighted by atomic mass is 79.9. The maximum Gasteiger partial charge on any atom is 0.0397 e. The van der Waals surface area contributed by atoms with Crippen molar-refractivity contribution in [3.63, 3.8) is 0 Å². The van der Waals surface area contributed by atoms with E-state index in [2.05, 4.69) is 46.5 Å². The van der Waals surface area contributed by atoms with E-state index in [1.54, 1.807) is 0 Å². The summed E-state index contributed by atoms with van der Waals surface area (Å²) in [5.41, 5.74) is 0.581. The van der Waals surface area contributed by atoms with Gasteiger partial charge in [-0.1, -0.05) is 19.8 Å². The fraction of sp³-hybridized carbons (Fsp3) is 0.714. The summed E-state index contributed by atoms with van der Waals surface area (Å²) >= 11 is 5.46. The maximum atomic E-state index is 3.74. The van der Waals surface area contributed by atoms with Crippen molar-refractivity contribution in [1.29, 1.82) is 0 Å². The topological polar surface area (TPSA) is 12.0 Å². The third-order valence-electron chi connectivity index (χ3n) is 4.24. The molecule has 3 heteroatoms. The van der Waals surface area contributed by atoms with Gasteiger partial charge >= 0.3 is 0 Å². The predicted molar refractivity (Wildman–Crippen MR) is 79.6 cm³/mol. The lowest BCUT2D eigenvalue weighted by Gasteiger charge is -2.29. The molecule has 0 spiro atoms. The van der Waals surface area contributed by atoms with Gasteiger partial charge in [0, 0.05) is 21.9 Å². The fourth-order valence-electron chi connectivity index (χ4n) is 2.86. The molecule has 1 N–H and O–H groups in total. The van der Waals surface area contributed by atoms with E-state index in [1.807, 2.05) is 11.3 Å². The second-order valence-electron chi connectivity index (χ2n) is 5.30. The van der Waals surface area contributed by atoms with Gasteiger partial charge in [-0.2, -0.15) is 0 Å². The summed E-state index contributed by atoms with van der Waals surface area (Å²) in [5, 5.41) is 5.90. The minimum atomic E-state index is 0.466. The molecule has 1 saturated carbocycles. The largest absolute Gasteiger partial charge is 0.309 e. The first-order valence-electron chi connectivity index (χ1n) is 6.63. The third kappa shape index (κ3) is 3.12. The first-order chi connectivity index (χ1) is 8.17. The summed E-state index contributed by atoms with van der Waals surface area (Å²) in [7, 11) is 0. The molecule has 0 bridgehead atoms. The van der Waals surface area contributed by atoms with E-state index in [4.69, 9.17) is 0 Å². The lowest BCUT2D eigenvalue weighted by atomic mass is 9.83. The minimum absolute atomic E-state index is 0.466. The molecule has 1 heterocycles. The first-order valence-corrected chi connectivity index (χ1v) is 8.30. The highest BCUT2D eigenvalue weighted by molar-refractivity contribution is 9.10. The SMILES string of the molecule is CCC1(CNC(C)c2sccc2Br)CCCC1. The number of thiophene rings is 1. The van der Waals surface area contributed by atoms with Crippen LogP contribution in [0.25, 0.3) is 0 Å². The maximum absolute atomic E-state index is 3.74. The van der Waals surface area contributed by atoms with E-state index in [-0.39, 0.29) is 0 Å². The van der Waals surface area contributed by atoms with E-state index in [0.29, 0.717) is 11.5 Å². The summed E-state index contributed by atoms with van der Waals surface area (Å²) in [6.07, 6.45) is 6.99. The summed E-state index contributed by atoms with van der Waals surface area (Å²) in [5.74, 6) is 0. The zero-order valence-electron chi connectivity index (χ0n) is 10.8. The molecule has 1 aromatic heterocycles. The van der Waals surface area contributed by atoms with Crippen LogP contribution in [0.3, 0.4) is 0 Å². The Morgan fingerprint density at radius 2 is 2.18 bits per heavy atom. The van der Waals surface area contributed by atoms with Crippen molar-refractivity contribution >= 4 is 27.3 Å².